The van der Waals surface area contributed by atoms with Gasteiger partial charge in [0.1, 0.15) is 43.2 Å². The average molecular weight is 610 g/mol. The molecule has 4 N–H and O–H groups in total. The fraction of sp³-hybridized carbons (Fsp3) is 0.452. The lowest BCUT2D eigenvalue weighted by molar-refractivity contribution is -0.201. The summed E-state index contributed by atoms with van der Waals surface area (Å²) < 4.78 is 22.6. The quantitative estimate of drug-likeness (QED) is 0.148. The monoisotopic (exact) mass is 609 g/mol. The van der Waals surface area contributed by atoms with Crippen LogP contribution in [0.3, 0.4) is 0 Å². The van der Waals surface area contributed by atoms with Gasteiger partial charge in [-0.2, -0.15) is 5.06 Å². The molecule has 1 saturated carbocycles. The summed E-state index contributed by atoms with van der Waals surface area (Å²) in [5.74, 6) is -1.26. The molecule has 13 nitrogen and oxygen atoms in total. The summed E-state index contributed by atoms with van der Waals surface area (Å²) in [7, 11) is 0. The van der Waals surface area contributed by atoms with Crippen LogP contribution in [-0.4, -0.2) is 96.7 Å². The first-order valence-electron chi connectivity index (χ1n) is 14.6. The predicted molar refractivity (Wildman–Crippen MR) is 152 cm³/mol. The Morgan fingerprint density at radius 2 is 1.86 bits per heavy atom. The normalized spacial score (nSPS) is 28.9. The topological polar surface area (TPSA) is 165 Å². The number of nitrogens with one attached hydrogen (secondary N) is 2. The Labute approximate surface area is 253 Å². The highest BCUT2D eigenvalue weighted by Gasteiger charge is 2.74. The number of carbonyl (C=O) groups excluding carboxylic acids is 3. The molecule has 2 bridgehead atoms. The number of aliphatic hydroxyl groups is 2. The van der Waals surface area contributed by atoms with Crippen molar-refractivity contribution in [3.05, 3.63) is 77.0 Å². The standard InChI is InChI=1S/C31H35N3O10/c35-10-9-32-28(37)22-3-1-2-21(14-22)16-33-30(39)31-15-23-24-25(42-18-41-24)27(31)44-34(26(31)29(38)43-23)17-20-6-4-19(5-7-20)8-12-40-13-11-36/h1-8,12,14,23-27,35-36H,9-11,13,15-18H2,(H,32,37)(H,33,39). The highest BCUT2D eigenvalue weighted by molar-refractivity contribution is 5.95. The minimum atomic E-state index is -1.29. The first-order chi connectivity index (χ1) is 21.4. The Kier molecular flexibility index (Phi) is 8.93. The number of nitrogens with zero attached hydrogens (tertiary/aromatic N) is 1. The van der Waals surface area contributed by atoms with Gasteiger partial charge in [-0.25, -0.2) is 0 Å². The van der Waals surface area contributed by atoms with Crippen molar-refractivity contribution < 1.29 is 48.4 Å². The van der Waals surface area contributed by atoms with Gasteiger partial charge in [0.05, 0.1) is 26.0 Å². The molecular formula is C31H35N3O10. The van der Waals surface area contributed by atoms with Crippen LogP contribution in [-0.2, 0) is 46.5 Å². The van der Waals surface area contributed by atoms with E-state index in [9.17, 15) is 14.4 Å². The van der Waals surface area contributed by atoms with E-state index in [1.807, 2.05) is 24.3 Å². The van der Waals surface area contributed by atoms with Gasteiger partial charge in [0, 0.05) is 25.1 Å². The van der Waals surface area contributed by atoms with E-state index in [1.165, 1.54) is 11.3 Å². The highest BCUT2D eigenvalue weighted by atomic mass is 16.8. The maximum absolute atomic E-state index is 14.2. The summed E-state index contributed by atoms with van der Waals surface area (Å²) in [5.41, 5.74) is 1.52. The molecule has 234 valence electrons. The van der Waals surface area contributed by atoms with Crippen LogP contribution >= 0.6 is 0 Å². The minimum Gasteiger partial charge on any atom is -0.499 e. The maximum atomic E-state index is 14.2. The first-order valence-corrected chi connectivity index (χ1v) is 14.6. The van der Waals surface area contributed by atoms with Crippen molar-refractivity contribution in [3.8, 4) is 0 Å². The summed E-state index contributed by atoms with van der Waals surface area (Å²) >= 11 is 0. The third-order valence-corrected chi connectivity index (χ3v) is 8.42. The third kappa shape index (κ3) is 5.70. The number of carbonyl (C=O) groups is 3. The van der Waals surface area contributed by atoms with Gasteiger partial charge in [-0.3, -0.25) is 19.2 Å². The molecule has 4 aliphatic rings. The molecule has 2 aromatic carbocycles. The van der Waals surface area contributed by atoms with E-state index in [2.05, 4.69) is 10.6 Å². The van der Waals surface area contributed by atoms with Gasteiger partial charge in [-0.1, -0.05) is 36.4 Å². The van der Waals surface area contributed by atoms with E-state index in [1.54, 1.807) is 30.3 Å². The number of esters is 1. The molecule has 0 spiro atoms. The molecule has 2 aromatic rings. The number of amides is 2. The first kappa shape index (κ1) is 30.2. The fourth-order valence-electron chi connectivity index (χ4n) is 6.44. The Balaban J connectivity index is 1.22. The smallest absolute Gasteiger partial charge is 0.327 e. The van der Waals surface area contributed by atoms with Crippen molar-refractivity contribution in [1.82, 2.24) is 15.7 Å². The largest absolute Gasteiger partial charge is 0.499 e. The van der Waals surface area contributed by atoms with Gasteiger partial charge in [-0.15, -0.1) is 0 Å². The second-order valence-electron chi connectivity index (χ2n) is 11.1. The van der Waals surface area contributed by atoms with E-state index in [0.717, 1.165) is 11.1 Å². The van der Waals surface area contributed by atoms with Crippen molar-refractivity contribution in [2.24, 2.45) is 5.41 Å². The summed E-state index contributed by atoms with van der Waals surface area (Å²) in [6.07, 6.45) is 0.901. The molecule has 2 amide bonds. The maximum Gasteiger partial charge on any atom is 0.327 e. The van der Waals surface area contributed by atoms with E-state index in [-0.39, 0.29) is 64.5 Å². The molecule has 3 saturated heterocycles. The van der Waals surface area contributed by atoms with Crippen LogP contribution in [0.5, 0.6) is 0 Å². The molecular weight excluding hydrogens is 574 g/mol. The van der Waals surface area contributed by atoms with Crippen LogP contribution in [0.25, 0.3) is 6.08 Å². The number of rotatable bonds is 12. The Morgan fingerprint density at radius 1 is 1.05 bits per heavy atom. The zero-order chi connectivity index (χ0) is 30.7. The Morgan fingerprint density at radius 3 is 2.66 bits per heavy atom. The molecule has 6 atom stereocenters. The van der Waals surface area contributed by atoms with Gasteiger partial charge in [0.15, 0.2) is 6.04 Å². The van der Waals surface area contributed by atoms with Crippen molar-refractivity contribution in [1.29, 1.82) is 0 Å². The highest BCUT2D eigenvalue weighted by Crippen LogP contribution is 2.55. The fourth-order valence-corrected chi connectivity index (χ4v) is 6.44. The van der Waals surface area contributed by atoms with Gasteiger partial charge >= 0.3 is 5.97 Å². The Bertz CT molecular complexity index is 1400. The van der Waals surface area contributed by atoms with Crippen LogP contribution in [0.2, 0.25) is 0 Å². The number of hydroxylamine groups is 2. The predicted octanol–water partition coefficient (Wildman–Crippen LogP) is 0.246. The molecule has 0 radical (unpaired) electrons. The molecule has 3 heterocycles. The van der Waals surface area contributed by atoms with Crippen molar-refractivity contribution in [3.63, 3.8) is 0 Å². The number of hydrogen-bond donors (Lipinski definition) is 4. The summed E-state index contributed by atoms with van der Waals surface area (Å²) in [6.45, 7) is 0.437. The van der Waals surface area contributed by atoms with E-state index in [0.29, 0.717) is 11.1 Å². The number of benzene rings is 2. The summed E-state index contributed by atoms with van der Waals surface area (Å²) in [5, 5.41) is 25.0. The van der Waals surface area contributed by atoms with E-state index < -0.39 is 41.8 Å². The van der Waals surface area contributed by atoms with Gasteiger partial charge < -0.3 is 39.8 Å². The average Bonchev–Trinajstić information content (AvgIpc) is 3.66. The van der Waals surface area contributed by atoms with Crippen LogP contribution in [0.4, 0.5) is 0 Å². The third-order valence-electron chi connectivity index (χ3n) is 8.42. The van der Waals surface area contributed by atoms with E-state index in [4.69, 9.17) is 34.0 Å². The Hall–Kier alpha value is -3.85. The van der Waals surface area contributed by atoms with Crippen LogP contribution < -0.4 is 10.6 Å². The lowest BCUT2D eigenvalue weighted by Crippen LogP contribution is -2.69. The van der Waals surface area contributed by atoms with E-state index >= 15 is 0 Å². The van der Waals surface area contributed by atoms with Crippen molar-refractivity contribution in [2.45, 2.75) is 50.0 Å². The second-order valence-corrected chi connectivity index (χ2v) is 11.1. The van der Waals surface area contributed by atoms with Gasteiger partial charge in [0.2, 0.25) is 5.91 Å². The molecule has 0 aromatic heterocycles. The molecule has 6 unspecified atom stereocenters. The van der Waals surface area contributed by atoms with Crippen LogP contribution in [0.15, 0.2) is 54.8 Å². The lowest BCUT2D eigenvalue weighted by atomic mass is 9.62. The van der Waals surface area contributed by atoms with Gasteiger partial charge in [-0.05, 0) is 34.9 Å². The lowest BCUT2D eigenvalue weighted by Gasteiger charge is -2.48. The van der Waals surface area contributed by atoms with Crippen LogP contribution in [0, 0.1) is 5.41 Å². The number of hydrogen-bond acceptors (Lipinski definition) is 11. The molecule has 6 rings (SSSR count). The number of fused-ring (bicyclic) bond motifs is 4. The summed E-state index contributed by atoms with van der Waals surface area (Å²) in [6, 6.07) is 13.4. The van der Waals surface area contributed by atoms with Crippen molar-refractivity contribution >= 4 is 23.9 Å². The summed E-state index contributed by atoms with van der Waals surface area (Å²) in [4.78, 5) is 46.5. The minimum absolute atomic E-state index is 0.00768. The van der Waals surface area contributed by atoms with Crippen LogP contribution in [0.1, 0.15) is 33.5 Å². The molecule has 1 aliphatic carbocycles. The molecule has 4 fully saturated rings. The van der Waals surface area contributed by atoms with Gasteiger partial charge in [0.25, 0.3) is 5.91 Å². The number of aliphatic hydroxyl groups excluding tert-OH is 2. The SMILES string of the molecule is O=C(NCCO)c1cccc(CNC(=O)C23CC4OC(=O)C2N(Cc2ccc(C=COCCO)cc2)OC3C2OCOC42)c1. The molecule has 44 heavy (non-hydrogen) atoms. The second kappa shape index (κ2) is 13.0. The zero-order valence-corrected chi connectivity index (χ0v) is 23.9. The molecule has 13 heteroatoms. The molecule has 3 aliphatic heterocycles. The van der Waals surface area contributed by atoms with Crippen molar-refractivity contribution in [2.75, 3.05) is 33.2 Å². The number of ether oxygens (including phenoxy) is 4. The zero-order valence-electron chi connectivity index (χ0n) is 23.9.